The number of fused-ring (bicyclic) bond motifs is 1. The first-order valence-electron chi connectivity index (χ1n) is 11.7. The zero-order valence-electron chi connectivity index (χ0n) is 19.6. The minimum Gasteiger partial charge on any atom is -0.493 e. The van der Waals surface area contributed by atoms with Crippen LogP contribution < -0.4 is 9.47 Å². The Morgan fingerprint density at radius 3 is 2.00 bits per heavy atom. The number of hydrogen-bond donors (Lipinski definition) is 0. The number of carbonyl (C=O) groups excluding carboxylic acids is 2. The fraction of sp³-hybridized carbons (Fsp3) is 0.241. The maximum Gasteiger partial charge on any atom is 0.261 e. The molecule has 0 radical (unpaired) electrons. The summed E-state index contributed by atoms with van der Waals surface area (Å²) < 4.78 is 11.6. The van der Waals surface area contributed by atoms with Crippen LogP contribution in [-0.4, -0.2) is 36.5 Å². The van der Waals surface area contributed by atoms with Crippen molar-refractivity contribution in [3.63, 3.8) is 0 Å². The zero-order valence-corrected chi connectivity index (χ0v) is 19.6. The lowest BCUT2D eigenvalue weighted by atomic mass is 10.0. The molecule has 0 aliphatic carbocycles. The van der Waals surface area contributed by atoms with E-state index in [9.17, 15) is 9.59 Å². The SMILES string of the molecule is CCOc1cccc(OCC)c1C=Cc1cccc(CCCN2C(=O)c3ccccc3C2=O)c1. The van der Waals surface area contributed by atoms with Gasteiger partial charge < -0.3 is 9.47 Å². The minimum absolute atomic E-state index is 0.199. The molecular formula is C29H29NO4. The van der Waals surface area contributed by atoms with Crippen LogP contribution >= 0.6 is 0 Å². The van der Waals surface area contributed by atoms with Gasteiger partial charge in [0.2, 0.25) is 0 Å². The van der Waals surface area contributed by atoms with Crippen LogP contribution in [0, 0.1) is 0 Å². The lowest BCUT2D eigenvalue weighted by Gasteiger charge is -2.13. The van der Waals surface area contributed by atoms with Crippen LogP contribution in [-0.2, 0) is 6.42 Å². The molecule has 0 fully saturated rings. The highest BCUT2D eigenvalue weighted by atomic mass is 16.5. The summed E-state index contributed by atoms with van der Waals surface area (Å²) in [5.41, 5.74) is 4.13. The highest BCUT2D eigenvalue weighted by molar-refractivity contribution is 6.21. The third kappa shape index (κ3) is 5.04. The van der Waals surface area contributed by atoms with E-state index in [0.717, 1.165) is 34.6 Å². The van der Waals surface area contributed by atoms with E-state index in [1.807, 2.05) is 56.3 Å². The Kier molecular flexibility index (Phi) is 7.43. The van der Waals surface area contributed by atoms with Crippen LogP contribution in [0.3, 0.4) is 0 Å². The number of carbonyl (C=O) groups is 2. The van der Waals surface area contributed by atoms with Crippen LogP contribution in [0.2, 0.25) is 0 Å². The first kappa shape index (κ1) is 23.3. The molecule has 3 aromatic rings. The summed E-state index contributed by atoms with van der Waals surface area (Å²) in [5, 5.41) is 0. The standard InChI is InChI=1S/C29H29NO4/c1-3-33-26-15-8-16-27(34-4-2)25(26)18-17-22-11-7-10-21(20-22)12-9-19-30-28(31)23-13-5-6-14-24(23)29(30)32/h5-8,10-11,13-18,20H,3-4,9,12,19H2,1-2H3. The molecular weight excluding hydrogens is 426 g/mol. The predicted octanol–water partition coefficient (Wildman–Crippen LogP) is 5.88. The number of aryl methyl sites for hydroxylation is 1. The molecule has 0 bridgehead atoms. The van der Waals surface area contributed by atoms with Crippen molar-refractivity contribution >= 4 is 24.0 Å². The molecule has 1 heterocycles. The summed E-state index contributed by atoms with van der Waals surface area (Å²) >= 11 is 0. The van der Waals surface area contributed by atoms with E-state index in [2.05, 4.69) is 12.1 Å². The Hall–Kier alpha value is -3.86. The molecule has 5 heteroatoms. The molecule has 0 spiro atoms. The van der Waals surface area contributed by atoms with Gasteiger partial charge in [-0.1, -0.05) is 48.5 Å². The normalized spacial score (nSPS) is 12.9. The molecule has 174 valence electrons. The van der Waals surface area contributed by atoms with Gasteiger partial charge in [0.05, 0.1) is 29.9 Å². The van der Waals surface area contributed by atoms with Crippen LogP contribution in [0.25, 0.3) is 12.2 Å². The lowest BCUT2D eigenvalue weighted by Crippen LogP contribution is -2.30. The molecule has 0 unspecified atom stereocenters. The van der Waals surface area contributed by atoms with Gasteiger partial charge in [0, 0.05) is 6.54 Å². The quantitative estimate of drug-likeness (QED) is 0.283. The third-order valence-electron chi connectivity index (χ3n) is 5.74. The van der Waals surface area contributed by atoms with Gasteiger partial charge in [-0.2, -0.15) is 0 Å². The predicted molar refractivity (Wildman–Crippen MR) is 134 cm³/mol. The van der Waals surface area contributed by atoms with Crippen molar-refractivity contribution in [2.45, 2.75) is 26.7 Å². The van der Waals surface area contributed by atoms with Gasteiger partial charge in [-0.15, -0.1) is 0 Å². The summed E-state index contributed by atoms with van der Waals surface area (Å²) in [7, 11) is 0. The number of ether oxygens (including phenoxy) is 2. The second-order valence-corrected chi connectivity index (χ2v) is 8.02. The van der Waals surface area contributed by atoms with Crippen molar-refractivity contribution in [1.29, 1.82) is 0 Å². The number of hydrogen-bond acceptors (Lipinski definition) is 4. The average molecular weight is 456 g/mol. The molecule has 1 aliphatic rings. The van der Waals surface area contributed by atoms with Crippen molar-refractivity contribution in [3.8, 4) is 11.5 Å². The molecule has 0 N–H and O–H groups in total. The molecule has 0 atom stereocenters. The minimum atomic E-state index is -0.199. The van der Waals surface area contributed by atoms with E-state index >= 15 is 0 Å². The lowest BCUT2D eigenvalue weighted by molar-refractivity contribution is 0.0652. The molecule has 34 heavy (non-hydrogen) atoms. The smallest absolute Gasteiger partial charge is 0.261 e. The number of benzene rings is 3. The summed E-state index contributed by atoms with van der Waals surface area (Å²) in [6.07, 6.45) is 5.55. The Morgan fingerprint density at radius 1 is 0.765 bits per heavy atom. The van der Waals surface area contributed by atoms with E-state index in [4.69, 9.17) is 9.47 Å². The van der Waals surface area contributed by atoms with Crippen LogP contribution in [0.15, 0.2) is 66.7 Å². The van der Waals surface area contributed by atoms with Crippen molar-refractivity contribution in [2.75, 3.05) is 19.8 Å². The molecule has 4 rings (SSSR count). The molecule has 5 nitrogen and oxygen atoms in total. The van der Waals surface area contributed by atoms with E-state index in [-0.39, 0.29) is 11.8 Å². The van der Waals surface area contributed by atoms with Crippen LogP contribution in [0.5, 0.6) is 11.5 Å². The van der Waals surface area contributed by atoms with E-state index in [1.54, 1.807) is 24.3 Å². The second kappa shape index (κ2) is 10.8. The van der Waals surface area contributed by atoms with Gasteiger partial charge in [-0.3, -0.25) is 14.5 Å². The van der Waals surface area contributed by atoms with Gasteiger partial charge in [0.15, 0.2) is 0 Å². The molecule has 0 saturated heterocycles. The molecule has 0 aromatic heterocycles. The van der Waals surface area contributed by atoms with Gasteiger partial charge in [-0.05, 0) is 68.2 Å². The van der Waals surface area contributed by atoms with Crippen molar-refractivity contribution < 1.29 is 19.1 Å². The van der Waals surface area contributed by atoms with Crippen molar-refractivity contribution in [3.05, 3.63) is 94.5 Å². The average Bonchev–Trinajstić information content (AvgIpc) is 3.09. The van der Waals surface area contributed by atoms with Crippen molar-refractivity contribution in [1.82, 2.24) is 4.90 Å². The Morgan fingerprint density at radius 2 is 1.38 bits per heavy atom. The number of imide groups is 1. The summed E-state index contributed by atoms with van der Waals surface area (Å²) in [5.74, 6) is 1.19. The largest absolute Gasteiger partial charge is 0.493 e. The summed E-state index contributed by atoms with van der Waals surface area (Å²) in [6, 6.07) is 21.1. The molecule has 2 amide bonds. The van der Waals surface area contributed by atoms with E-state index in [0.29, 0.717) is 37.3 Å². The molecule has 1 aliphatic heterocycles. The van der Waals surface area contributed by atoms with Crippen LogP contribution in [0.1, 0.15) is 57.7 Å². The maximum absolute atomic E-state index is 12.5. The number of nitrogens with zero attached hydrogens (tertiary/aromatic N) is 1. The first-order valence-corrected chi connectivity index (χ1v) is 11.7. The van der Waals surface area contributed by atoms with E-state index in [1.165, 1.54) is 4.90 Å². The van der Waals surface area contributed by atoms with E-state index < -0.39 is 0 Å². The van der Waals surface area contributed by atoms with Crippen LogP contribution in [0.4, 0.5) is 0 Å². The fourth-order valence-electron chi connectivity index (χ4n) is 4.17. The van der Waals surface area contributed by atoms with Gasteiger partial charge in [-0.25, -0.2) is 0 Å². The molecule has 3 aromatic carbocycles. The maximum atomic E-state index is 12.5. The highest BCUT2D eigenvalue weighted by Gasteiger charge is 2.34. The number of rotatable bonds is 10. The summed E-state index contributed by atoms with van der Waals surface area (Å²) in [6.45, 7) is 5.50. The Labute approximate surface area is 200 Å². The Balaban J connectivity index is 1.42. The topological polar surface area (TPSA) is 55.8 Å². The zero-order chi connectivity index (χ0) is 23.9. The fourth-order valence-corrected chi connectivity index (χ4v) is 4.17. The monoisotopic (exact) mass is 455 g/mol. The Bertz CT molecular complexity index is 1160. The van der Waals surface area contributed by atoms with Gasteiger partial charge in [0.1, 0.15) is 11.5 Å². The first-order chi connectivity index (χ1) is 16.6. The highest BCUT2D eigenvalue weighted by Crippen LogP contribution is 2.31. The van der Waals surface area contributed by atoms with Gasteiger partial charge >= 0.3 is 0 Å². The van der Waals surface area contributed by atoms with Gasteiger partial charge in [0.25, 0.3) is 11.8 Å². The summed E-state index contributed by atoms with van der Waals surface area (Å²) in [4.78, 5) is 26.4. The third-order valence-corrected chi connectivity index (χ3v) is 5.74. The molecule has 0 saturated carbocycles. The van der Waals surface area contributed by atoms with Crippen molar-refractivity contribution in [2.24, 2.45) is 0 Å². The second-order valence-electron chi connectivity index (χ2n) is 8.02. The number of amides is 2.